The zero-order valence-corrected chi connectivity index (χ0v) is 6.67. The van der Waals surface area contributed by atoms with Crippen LogP contribution in [-0.2, 0) is 0 Å². The average Bonchev–Trinajstić information content (AvgIpc) is 2.33. The molecule has 2 aromatic rings. The zero-order valence-electron chi connectivity index (χ0n) is 5.10. The average molecular weight is 168 g/mol. The standard InChI is InChI=1S/C8H4ClS/c9-7-2-1-6-3-4-10-8(6)5-7/h1,3-5H. The van der Waals surface area contributed by atoms with Gasteiger partial charge in [0, 0.05) is 15.8 Å². The van der Waals surface area contributed by atoms with Gasteiger partial charge in [-0.05, 0) is 29.0 Å². The molecule has 1 heterocycles. The molecule has 49 valence electrons. The molecule has 0 fully saturated rings. The third kappa shape index (κ3) is 0.917. The molecule has 2 heteroatoms. The van der Waals surface area contributed by atoms with Gasteiger partial charge in [0.25, 0.3) is 0 Å². The number of benzene rings is 1. The molecule has 0 aliphatic carbocycles. The molecule has 0 bridgehead atoms. The van der Waals surface area contributed by atoms with Crippen molar-refractivity contribution in [1.82, 2.24) is 0 Å². The number of halogens is 1. The Labute approximate surface area is 68.1 Å². The minimum absolute atomic E-state index is 0.690. The van der Waals surface area contributed by atoms with Crippen LogP contribution < -0.4 is 0 Å². The topological polar surface area (TPSA) is 0 Å². The Bertz CT molecular complexity index is 351. The zero-order chi connectivity index (χ0) is 6.97. The van der Waals surface area contributed by atoms with E-state index in [1.807, 2.05) is 12.1 Å². The number of fused-ring (bicyclic) bond motifs is 1. The molecule has 0 nitrogen and oxygen atoms in total. The van der Waals surface area contributed by atoms with Crippen molar-refractivity contribution in [3.8, 4) is 0 Å². The van der Waals surface area contributed by atoms with Gasteiger partial charge in [-0.2, -0.15) is 0 Å². The largest absolute Gasteiger partial charge is 0.144 e. The summed E-state index contributed by atoms with van der Waals surface area (Å²) in [6.45, 7) is 0. The number of hydrogen-bond acceptors (Lipinski definition) is 1. The maximum absolute atomic E-state index is 5.73. The number of thiophene rings is 1. The Kier molecular flexibility index (Phi) is 1.40. The molecule has 0 aliphatic heterocycles. The van der Waals surface area contributed by atoms with Crippen LogP contribution in [0.3, 0.4) is 0 Å². The molecule has 0 aliphatic rings. The lowest BCUT2D eigenvalue weighted by molar-refractivity contribution is 1.82. The summed E-state index contributed by atoms with van der Waals surface area (Å²) in [5, 5.41) is 3.96. The van der Waals surface area contributed by atoms with Crippen LogP contribution in [0.1, 0.15) is 0 Å². The van der Waals surface area contributed by atoms with E-state index < -0.39 is 0 Å². The van der Waals surface area contributed by atoms with Gasteiger partial charge in [-0.3, -0.25) is 0 Å². The highest BCUT2D eigenvalue weighted by atomic mass is 35.5. The van der Waals surface area contributed by atoms with E-state index in [2.05, 4.69) is 17.5 Å². The van der Waals surface area contributed by atoms with E-state index in [9.17, 15) is 0 Å². The molecule has 0 spiro atoms. The maximum Gasteiger partial charge on any atom is 0.0499 e. The van der Waals surface area contributed by atoms with Gasteiger partial charge in [-0.15, -0.1) is 11.3 Å². The second-order valence-electron chi connectivity index (χ2n) is 2.02. The van der Waals surface area contributed by atoms with E-state index in [0.29, 0.717) is 5.02 Å². The first-order chi connectivity index (χ1) is 4.86. The lowest BCUT2D eigenvalue weighted by atomic mass is 10.3. The minimum Gasteiger partial charge on any atom is -0.144 e. The lowest BCUT2D eigenvalue weighted by Crippen LogP contribution is -1.62. The molecule has 0 atom stereocenters. The van der Waals surface area contributed by atoms with Crippen LogP contribution >= 0.6 is 22.9 Å². The van der Waals surface area contributed by atoms with E-state index in [1.165, 1.54) is 10.1 Å². The van der Waals surface area contributed by atoms with Crippen LogP contribution in [0.4, 0.5) is 0 Å². The SMILES string of the molecule is Clc1[c]cc2ccsc2c1. The van der Waals surface area contributed by atoms with Crippen molar-refractivity contribution in [3.05, 3.63) is 34.7 Å². The Morgan fingerprint density at radius 3 is 3.30 bits per heavy atom. The predicted octanol–water partition coefficient (Wildman–Crippen LogP) is 3.35. The quantitative estimate of drug-likeness (QED) is 0.565. The van der Waals surface area contributed by atoms with E-state index >= 15 is 0 Å². The molecule has 1 aromatic heterocycles. The molecular formula is C8H4ClS. The fourth-order valence-corrected chi connectivity index (χ4v) is 1.91. The second-order valence-corrected chi connectivity index (χ2v) is 3.38. The Morgan fingerprint density at radius 2 is 2.40 bits per heavy atom. The van der Waals surface area contributed by atoms with Crippen molar-refractivity contribution in [1.29, 1.82) is 0 Å². The van der Waals surface area contributed by atoms with Crippen LogP contribution in [0.25, 0.3) is 10.1 Å². The molecule has 0 saturated carbocycles. The summed E-state index contributed by atoms with van der Waals surface area (Å²) in [7, 11) is 0. The number of rotatable bonds is 0. The highest BCUT2D eigenvalue weighted by Crippen LogP contribution is 2.23. The first kappa shape index (κ1) is 6.20. The van der Waals surface area contributed by atoms with Crippen molar-refractivity contribution >= 4 is 33.0 Å². The molecule has 2 rings (SSSR count). The summed E-state index contributed by atoms with van der Waals surface area (Å²) in [5.74, 6) is 0. The molecular weight excluding hydrogens is 164 g/mol. The molecule has 1 aromatic carbocycles. The first-order valence-corrected chi connectivity index (χ1v) is 4.16. The van der Waals surface area contributed by atoms with Crippen molar-refractivity contribution in [2.45, 2.75) is 0 Å². The van der Waals surface area contributed by atoms with Crippen LogP contribution in [0.2, 0.25) is 5.02 Å². The second kappa shape index (κ2) is 2.26. The van der Waals surface area contributed by atoms with Gasteiger partial charge in [-0.25, -0.2) is 0 Å². The van der Waals surface area contributed by atoms with Crippen LogP contribution in [-0.4, -0.2) is 0 Å². The monoisotopic (exact) mass is 167 g/mol. The van der Waals surface area contributed by atoms with Crippen LogP contribution in [0.15, 0.2) is 23.6 Å². The van der Waals surface area contributed by atoms with Gasteiger partial charge in [0.2, 0.25) is 0 Å². The Morgan fingerprint density at radius 1 is 1.50 bits per heavy atom. The third-order valence-electron chi connectivity index (χ3n) is 1.35. The van der Waals surface area contributed by atoms with Crippen molar-refractivity contribution < 1.29 is 0 Å². The van der Waals surface area contributed by atoms with Gasteiger partial charge in [0.05, 0.1) is 0 Å². The molecule has 1 radical (unpaired) electrons. The molecule has 0 N–H and O–H groups in total. The van der Waals surface area contributed by atoms with E-state index in [1.54, 1.807) is 11.3 Å². The van der Waals surface area contributed by atoms with Gasteiger partial charge >= 0.3 is 0 Å². The summed E-state index contributed by atoms with van der Waals surface area (Å²) < 4.78 is 1.23. The highest BCUT2D eigenvalue weighted by molar-refractivity contribution is 7.17. The highest BCUT2D eigenvalue weighted by Gasteiger charge is 1.93. The van der Waals surface area contributed by atoms with Crippen molar-refractivity contribution in [3.63, 3.8) is 0 Å². The van der Waals surface area contributed by atoms with Crippen LogP contribution in [0, 0.1) is 6.07 Å². The minimum atomic E-state index is 0.690. The normalized spacial score (nSPS) is 10.5. The Hall–Kier alpha value is -0.530. The summed E-state index contributed by atoms with van der Waals surface area (Å²) >= 11 is 7.42. The fourth-order valence-electron chi connectivity index (χ4n) is 0.871. The van der Waals surface area contributed by atoms with Crippen LogP contribution in [0.5, 0.6) is 0 Å². The lowest BCUT2D eigenvalue weighted by Gasteiger charge is -1.87. The number of hydrogen-bond donors (Lipinski definition) is 0. The van der Waals surface area contributed by atoms with E-state index in [-0.39, 0.29) is 0 Å². The van der Waals surface area contributed by atoms with Gasteiger partial charge < -0.3 is 0 Å². The van der Waals surface area contributed by atoms with Gasteiger partial charge in [0.15, 0.2) is 0 Å². The summed E-state index contributed by atoms with van der Waals surface area (Å²) in [6, 6.07) is 8.84. The molecule has 0 amide bonds. The maximum atomic E-state index is 5.73. The van der Waals surface area contributed by atoms with Gasteiger partial charge in [0.1, 0.15) is 0 Å². The fraction of sp³-hybridized carbons (Fsp3) is 0. The van der Waals surface area contributed by atoms with Crippen molar-refractivity contribution in [2.24, 2.45) is 0 Å². The van der Waals surface area contributed by atoms with E-state index in [4.69, 9.17) is 11.6 Å². The first-order valence-electron chi connectivity index (χ1n) is 2.91. The van der Waals surface area contributed by atoms with E-state index in [0.717, 1.165) is 0 Å². The Balaban J connectivity index is 2.86. The third-order valence-corrected chi connectivity index (χ3v) is 2.45. The van der Waals surface area contributed by atoms with Crippen molar-refractivity contribution in [2.75, 3.05) is 0 Å². The summed E-state index contributed by atoms with van der Waals surface area (Å²) in [6.07, 6.45) is 0. The smallest absolute Gasteiger partial charge is 0.0499 e. The molecule has 0 unspecified atom stereocenters. The van der Waals surface area contributed by atoms with Gasteiger partial charge in [-0.1, -0.05) is 11.6 Å². The molecule has 10 heavy (non-hydrogen) atoms. The summed E-state index contributed by atoms with van der Waals surface area (Å²) in [4.78, 5) is 0. The summed E-state index contributed by atoms with van der Waals surface area (Å²) in [5.41, 5.74) is 0. The predicted molar refractivity (Wildman–Crippen MR) is 45.7 cm³/mol. The molecule has 0 saturated heterocycles.